The highest BCUT2D eigenvalue weighted by molar-refractivity contribution is 5.81. The van der Waals surface area contributed by atoms with E-state index in [0.29, 0.717) is 24.7 Å². The number of hydrogen-bond donors (Lipinski definition) is 1. The molecule has 1 aliphatic carbocycles. The van der Waals surface area contributed by atoms with E-state index in [2.05, 4.69) is 36.7 Å². The summed E-state index contributed by atoms with van der Waals surface area (Å²) < 4.78 is 33.0. The Labute approximate surface area is 199 Å². The van der Waals surface area contributed by atoms with Crippen LogP contribution in [-0.4, -0.2) is 22.6 Å². The molecule has 0 bridgehead atoms. The number of esters is 1. The van der Waals surface area contributed by atoms with E-state index >= 15 is 0 Å². The number of nitrogens with zero attached hydrogens (tertiary/aromatic N) is 2. The van der Waals surface area contributed by atoms with Gasteiger partial charge in [0.25, 0.3) is 6.43 Å². The predicted octanol–water partition coefficient (Wildman–Crippen LogP) is 7.21. The number of fused-ring (bicyclic) bond motifs is 1. The number of rotatable bonds is 7. The fourth-order valence-corrected chi connectivity index (χ4v) is 5.44. The number of halogens is 2. The van der Waals surface area contributed by atoms with Gasteiger partial charge in [0.05, 0.1) is 18.1 Å². The van der Waals surface area contributed by atoms with E-state index in [1.54, 1.807) is 12.1 Å². The van der Waals surface area contributed by atoms with Crippen molar-refractivity contribution in [1.82, 2.24) is 9.55 Å². The second-order valence-corrected chi connectivity index (χ2v) is 10.3. The molecule has 7 heteroatoms. The maximum atomic E-state index is 13.0. The molecule has 182 valence electrons. The third-order valence-corrected chi connectivity index (χ3v) is 6.75. The Bertz CT molecular complexity index is 1150. The highest BCUT2D eigenvalue weighted by Crippen LogP contribution is 2.46. The van der Waals surface area contributed by atoms with Gasteiger partial charge in [0.1, 0.15) is 0 Å². The first-order chi connectivity index (χ1) is 16.1. The van der Waals surface area contributed by atoms with Gasteiger partial charge in [-0.25, -0.2) is 13.8 Å². The summed E-state index contributed by atoms with van der Waals surface area (Å²) in [5.41, 5.74) is 3.84. The Kier molecular flexibility index (Phi) is 6.91. The van der Waals surface area contributed by atoms with Crippen molar-refractivity contribution in [3.63, 3.8) is 0 Å². The molecule has 2 atom stereocenters. The molecule has 4 rings (SSSR count). The summed E-state index contributed by atoms with van der Waals surface area (Å²) in [6, 6.07) is 12.6. The second-order valence-electron chi connectivity index (χ2n) is 10.3. The molecule has 3 aromatic rings. The van der Waals surface area contributed by atoms with Crippen LogP contribution in [0.2, 0.25) is 0 Å². The van der Waals surface area contributed by atoms with Crippen molar-refractivity contribution in [2.75, 3.05) is 12.4 Å². The maximum absolute atomic E-state index is 13.0. The average Bonchev–Trinajstić information content (AvgIpc) is 3.13. The van der Waals surface area contributed by atoms with Crippen LogP contribution in [0, 0.1) is 11.3 Å². The summed E-state index contributed by atoms with van der Waals surface area (Å²) in [6.45, 7) is 6.93. The van der Waals surface area contributed by atoms with Crippen molar-refractivity contribution in [2.24, 2.45) is 11.3 Å². The highest BCUT2D eigenvalue weighted by Gasteiger charge is 2.34. The summed E-state index contributed by atoms with van der Waals surface area (Å²) in [5.74, 6) is 1.06. The van der Waals surface area contributed by atoms with Crippen LogP contribution >= 0.6 is 0 Å². The first-order valence-electron chi connectivity index (χ1n) is 11.9. The quantitative estimate of drug-likeness (QED) is 0.372. The van der Waals surface area contributed by atoms with Gasteiger partial charge in [-0.2, -0.15) is 0 Å². The van der Waals surface area contributed by atoms with Crippen LogP contribution in [-0.2, 0) is 16.0 Å². The number of anilines is 2. The zero-order valence-electron chi connectivity index (χ0n) is 20.3. The number of hydrogen-bond acceptors (Lipinski definition) is 4. The number of methoxy groups -OCH3 is 1. The summed E-state index contributed by atoms with van der Waals surface area (Å²) >= 11 is 0. The molecule has 0 aliphatic heterocycles. The normalized spacial score (nSPS) is 20.0. The van der Waals surface area contributed by atoms with Crippen LogP contribution in [0.3, 0.4) is 0 Å². The first-order valence-corrected chi connectivity index (χ1v) is 11.9. The Balaban J connectivity index is 1.72. The van der Waals surface area contributed by atoms with Gasteiger partial charge in [-0.15, -0.1) is 0 Å². The SMILES string of the molecule is COC(=O)CCc1ccc2c(c1)nc(Nc1ccc(C(F)F)cc1)n2C1C[C@H](C)CC(C)(C)C1. The molecule has 34 heavy (non-hydrogen) atoms. The van der Waals surface area contributed by atoms with Crippen LogP contribution in [0.15, 0.2) is 42.5 Å². The van der Waals surface area contributed by atoms with Crippen LogP contribution in [0.25, 0.3) is 11.0 Å². The van der Waals surface area contributed by atoms with E-state index < -0.39 is 6.43 Å². The summed E-state index contributed by atoms with van der Waals surface area (Å²) in [5, 5.41) is 3.38. The first kappa shape index (κ1) is 24.2. The molecule has 0 spiro atoms. The van der Waals surface area contributed by atoms with Gasteiger partial charge in [0, 0.05) is 23.7 Å². The molecule has 1 aliphatic rings. The van der Waals surface area contributed by atoms with Crippen molar-refractivity contribution in [3.8, 4) is 0 Å². The molecule has 1 heterocycles. The third-order valence-electron chi connectivity index (χ3n) is 6.75. The summed E-state index contributed by atoms with van der Waals surface area (Å²) in [6.07, 6.45) is 1.68. The van der Waals surface area contributed by atoms with E-state index in [1.165, 1.54) is 25.7 Å². The van der Waals surface area contributed by atoms with Crippen molar-refractivity contribution in [3.05, 3.63) is 53.6 Å². The molecular weight excluding hydrogens is 436 g/mol. The van der Waals surface area contributed by atoms with Gasteiger partial charge in [-0.1, -0.05) is 39.0 Å². The summed E-state index contributed by atoms with van der Waals surface area (Å²) in [4.78, 5) is 16.5. The maximum Gasteiger partial charge on any atom is 0.305 e. The number of alkyl halides is 2. The van der Waals surface area contributed by atoms with Crippen molar-refractivity contribution >= 4 is 28.6 Å². The molecule has 1 unspecified atom stereocenters. The van der Waals surface area contributed by atoms with Gasteiger partial charge in [0.2, 0.25) is 5.95 Å². The lowest BCUT2D eigenvalue weighted by Crippen LogP contribution is -2.29. The molecule has 1 saturated carbocycles. The molecule has 0 saturated heterocycles. The van der Waals surface area contributed by atoms with Gasteiger partial charge >= 0.3 is 5.97 Å². The van der Waals surface area contributed by atoms with Gasteiger partial charge in [0.15, 0.2) is 0 Å². The van der Waals surface area contributed by atoms with Crippen LogP contribution in [0.1, 0.15) is 70.0 Å². The molecule has 5 nitrogen and oxygen atoms in total. The van der Waals surface area contributed by atoms with Gasteiger partial charge in [-0.3, -0.25) is 4.79 Å². The molecule has 0 radical (unpaired) electrons. The van der Waals surface area contributed by atoms with E-state index in [-0.39, 0.29) is 23.0 Å². The fraction of sp³-hybridized carbons (Fsp3) is 0.481. The largest absolute Gasteiger partial charge is 0.469 e. The molecule has 2 aromatic carbocycles. The predicted molar refractivity (Wildman–Crippen MR) is 131 cm³/mol. The minimum atomic E-state index is -2.49. The zero-order valence-corrected chi connectivity index (χ0v) is 20.3. The van der Waals surface area contributed by atoms with Crippen LogP contribution in [0.5, 0.6) is 0 Å². The molecule has 1 aromatic heterocycles. The van der Waals surface area contributed by atoms with E-state index in [0.717, 1.165) is 35.1 Å². The lowest BCUT2D eigenvalue weighted by molar-refractivity contribution is -0.140. The van der Waals surface area contributed by atoms with Crippen molar-refractivity contribution < 1.29 is 18.3 Å². The lowest BCUT2D eigenvalue weighted by atomic mass is 9.70. The number of ether oxygens (including phenoxy) is 1. The lowest BCUT2D eigenvalue weighted by Gasteiger charge is -2.40. The topological polar surface area (TPSA) is 56.1 Å². The zero-order chi connectivity index (χ0) is 24.5. The monoisotopic (exact) mass is 469 g/mol. The highest BCUT2D eigenvalue weighted by atomic mass is 19.3. The Hall–Kier alpha value is -2.96. The average molecular weight is 470 g/mol. The number of benzene rings is 2. The molecule has 1 N–H and O–H groups in total. The summed E-state index contributed by atoms with van der Waals surface area (Å²) in [7, 11) is 1.39. The number of aryl methyl sites for hydroxylation is 1. The number of aromatic nitrogens is 2. The van der Waals surface area contributed by atoms with E-state index in [4.69, 9.17) is 9.72 Å². The smallest absolute Gasteiger partial charge is 0.305 e. The molecule has 1 fully saturated rings. The Morgan fingerprint density at radius 1 is 1.21 bits per heavy atom. The Morgan fingerprint density at radius 2 is 1.94 bits per heavy atom. The van der Waals surface area contributed by atoms with Crippen LogP contribution < -0.4 is 5.32 Å². The molecular formula is C27H33F2N3O2. The number of nitrogens with one attached hydrogen (secondary N) is 1. The van der Waals surface area contributed by atoms with E-state index in [1.807, 2.05) is 12.1 Å². The minimum absolute atomic E-state index is 0.00263. The standard InChI is InChI=1S/C27H33F2N3O2/c1-17-13-21(16-27(2,3)15-17)32-23-11-5-18(6-12-24(33)34-4)14-22(23)31-26(32)30-20-9-7-19(8-10-20)25(28)29/h5,7-11,14,17,21,25H,6,12-13,15-16H2,1-4H3,(H,30,31)/t17-,21?/m0/s1. The van der Waals surface area contributed by atoms with Crippen molar-refractivity contribution in [1.29, 1.82) is 0 Å². The molecule has 0 amide bonds. The number of carbonyl (C=O) groups is 1. The van der Waals surface area contributed by atoms with Crippen LogP contribution in [0.4, 0.5) is 20.4 Å². The number of carbonyl (C=O) groups excluding carboxylic acids is 1. The second kappa shape index (κ2) is 9.72. The van der Waals surface area contributed by atoms with Gasteiger partial charge in [-0.05, 0) is 66.8 Å². The van der Waals surface area contributed by atoms with Gasteiger partial charge < -0.3 is 14.6 Å². The minimum Gasteiger partial charge on any atom is -0.469 e. The third kappa shape index (κ3) is 5.40. The van der Waals surface area contributed by atoms with Crippen molar-refractivity contribution in [2.45, 2.75) is 65.3 Å². The Morgan fingerprint density at radius 3 is 2.59 bits per heavy atom. The van der Waals surface area contributed by atoms with E-state index in [9.17, 15) is 13.6 Å². The number of imidazole rings is 1. The fourth-order valence-electron chi connectivity index (χ4n) is 5.44.